The van der Waals surface area contributed by atoms with Crippen molar-refractivity contribution in [3.63, 3.8) is 0 Å². The van der Waals surface area contributed by atoms with Gasteiger partial charge in [-0.1, -0.05) is 44.2 Å². The number of benzene rings is 1. The Morgan fingerprint density at radius 2 is 1.71 bits per heavy atom. The third-order valence-corrected chi connectivity index (χ3v) is 5.58. The Labute approximate surface area is 184 Å². The first-order valence-electron chi connectivity index (χ1n) is 10.8. The molecule has 0 bridgehead atoms. The van der Waals surface area contributed by atoms with E-state index in [1.54, 1.807) is 19.4 Å². The SMILES string of the molecule is CN=C(NCCC(=O)N1CCN(c2ncccn2)CC1)NCC(C)(C)c1ccccc1. The van der Waals surface area contributed by atoms with Gasteiger partial charge in [-0.3, -0.25) is 9.79 Å². The number of hydrogen-bond acceptors (Lipinski definition) is 5. The number of amides is 1. The standard InChI is InChI=1S/C23H33N7O/c1-23(2,19-8-5-4-6-9-19)18-28-21(24-3)25-13-10-20(31)29-14-16-30(17-15-29)22-26-11-7-12-27-22/h4-9,11-12H,10,13-18H2,1-3H3,(H2,24,25,28). The zero-order chi connectivity index (χ0) is 22.1. The van der Waals surface area contributed by atoms with E-state index in [0.29, 0.717) is 32.0 Å². The zero-order valence-electron chi connectivity index (χ0n) is 18.7. The van der Waals surface area contributed by atoms with Crippen molar-refractivity contribution in [3.8, 4) is 0 Å². The van der Waals surface area contributed by atoms with E-state index in [-0.39, 0.29) is 11.3 Å². The Morgan fingerprint density at radius 1 is 1.03 bits per heavy atom. The number of hydrogen-bond donors (Lipinski definition) is 2. The molecule has 1 aromatic carbocycles. The van der Waals surface area contributed by atoms with Crippen molar-refractivity contribution >= 4 is 17.8 Å². The lowest BCUT2D eigenvalue weighted by molar-refractivity contribution is -0.131. The normalized spacial score (nSPS) is 15.0. The van der Waals surface area contributed by atoms with Gasteiger partial charge in [0.05, 0.1) is 0 Å². The monoisotopic (exact) mass is 423 g/mol. The van der Waals surface area contributed by atoms with Crippen LogP contribution in [0.15, 0.2) is 53.8 Å². The summed E-state index contributed by atoms with van der Waals surface area (Å²) in [5.41, 5.74) is 1.24. The van der Waals surface area contributed by atoms with Crippen LogP contribution in [-0.2, 0) is 10.2 Å². The quantitative estimate of drug-likeness (QED) is 0.520. The summed E-state index contributed by atoms with van der Waals surface area (Å²) in [6.45, 7) is 8.57. The van der Waals surface area contributed by atoms with Crippen LogP contribution in [0.3, 0.4) is 0 Å². The van der Waals surface area contributed by atoms with E-state index in [2.05, 4.69) is 68.6 Å². The van der Waals surface area contributed by atoms with Gasteiger partial charge >= 0.3 is 0 Å². The summed E-state index contributed by atoms with van der Waals surface area (Å²) in [7, 11) is 1.75. The number of carbonyl (C=O) groups excluding carboxylic acids is 1. The van der Waals surface area contributed by atoms with Crippen molar-refractivity contribution in [3.05, 3.63) is 54.4 Å². The van der Waals surface area contributed by atoms with Crippen molar-refractivity contribution in [2.75, 3.05) is 51.2 Å². The Kier molecular flexibility index (Phi) is 7.81. The van der Waals surface area contributed by atoms with E-state index in [1.807, 2.05) is 17.0 Å². The first-order valence-corrected chi connectivity index (χ1v) is 10.8. The Hall–Kier alpha value is -3.16. The zero-order valence-corrected chi connectivity index (χ0v) is 18.7. The predicted molar refractivity (Wildman–Crippen MR) is 124 cm³/mol. The van der Waals surface area contributed by atoms with Crippen LogP contribution in [0.2, 0.25) is 0 Å². The van der Waals surface area contributed by atoms with Gasteiger partial charge in [0.15, 0.2) is 5.96 Å². The molecule has 0 spiro atoms. The van der Waals surface area contributed by atoms with E-state index in [0.717, 1.165) is 25.6 Å². The number of rotatable bonds is 7. The molecule has 0 atom stereocenters. The van der Waals surface area contributed by atoms with Crippen molar-refractivity contribution < 1.29 is 4.79 Å². The van der Waals surface area contributed by atoms with E-state index in [1.165, 1.54) is 5.56 Å². The Balaban J connectivity index is 1.38. The molecule has 0 aliphatic carbocycles. The fourth-order valence-electron chi connectivity index (χ4n) is 3.57. The Morgan fingerprint density at radius 3 is 2.35 bits per heavy atom. The van der Waals surface area contributed by atoms with Crippen LogP contribution in [-0.4, -0.2) is 73.1 Å². The second-order valence-corrected chi connectivity index (χ2v) is 8.27. The minimum absolute atomic E-state index is 0.0309. The summed E-state index contributed by atoms with van der Waals surface area (Å²) in [6, 6.07) is 12.2. The lowest BCUT2D eigenvalue weighted by Gasteiger charge is -2.34. The molecule has 1 fully saturated rings. The number of carbonyl (C=O) groups is 1. The molecule has 8 heteroatoms. The first-order chi connectivity index (χ1) is 15.0. The second kappa shape index (κ2) is 10.7. The molecule has 8 nitrogen and oxygen atoms in total. The van der Waals surface area contributed by atoms with Gasteiger partial charge in [0.2, 0.25) is 11.9 Å². The third kappa shape index (κ3) is 6.41. The van der Waals surface area contributed by atoms with Crippen molar-refractivity contribution in [2.24, 2.45) is 4.99 Å². The number of aromatic nitrogens is 2. The first kappa shape index (κ1) is 22.5. The van der Waals surface area contributed by atoms with Crippen molar-refractivity contribution in [1.82, 2.24) is 25.5 Å². The van der Waals surface area contributed by atoms with Gasteiger partial charge in [0.1, 0.15) is 0 Å². The highest BCUT2D eigenvalue weighted by atomic mass is 16.2. The lowest BCUT2D eigenvalue weighted by atomic mass is 9.85. The summed E-state index contributed by atoms with van der Waals surface area (Å²) in [5.74, 6) is 1.59. The van der Waals surface area contributed by atoms with Crippen LogP contribution in [0, 0.1) is 0 Å². The second-order valence-electron chi connectivity index (χ2n) is 8.27. The fourth-order valence-corrected chi connectivity index (χ4v) is 3.57. The van der Waals surface area contributed by atoms with E-state index in [4.69, 9.17) is 0 Å². The van der Waals surface area contributed by atoms with Gasteiger partial charge in [0.25, 0.3) is 0 Å². The molecule has 1 amide bonds. The summed E-state index contributed by atoms with van der Waals surface area (Å²) in [5, 5.41) is 6.64. The molecule has 0 unspecified atom stereocenters. The predicted octanol–water partition coefficient (Wildman–Crippen LogP) is 1.66. The maximum absolute atomic E-state index is 12.6. The molecule has 1 aliphatic heterocycles. The summed E-state index contributed by atoms with van der Waals surface area (Å²) in [6.07, 6.45) is 3.92. The number of aliphatic imine (C=N–C) groups is 1. The largest absolute Gasteiger partial charge is 0.356 e. The maximum Gasteiger partial charge on any atom is 0.225 e. The van der Waals surface area contributed by atoms with Crippen molar-refractivity contribution in [2.45, 2.75) is 25.7 Å². The van der Waals surface area contributed by atoms with E-state index >= 15 is 0 Å². The molecule has 0 radical (unpaired) electrons. The highest BCUT2D eigenvalue weighted by Crippen LogP contribution is 2.21. The summed E-state index contributed by atoms with van der Waals surface area (Å²) >= 11 is 0. The average molecular weight is 424 g/mol. The highest BCUT2D eigenvalue weighted by molar-refractivity contribution is 5.81. The molecule has 166 valence electrons. The molecular formula is C23H33N7O. The van der Waals surface area contributed by atoms with Gasteiger partial charge < -0.3 is 20.4 Å². The molecule has 3 rings (SSSR count). The molecular weight excluding hydrogens is 390 g/mol. The summed E-state index contributed by atoms with van der Waals surface area (Å²) < 4.78 is 0. The number of nitrogens with one attached hydrogen (secondary N) is 2. The number of nitrogens with zero attached hydrogens (tertiary/aromatic N) is 5. The van der Waals surface area contributed by atoms with Gasteiger partial charge in [-0.05, 0) is 11.6 Å². The molecule has 2 aromatic rings. The molecule has 2 N–H and O–H groups in total. The molecule has 0 saturated carbocycles. The topological polar surface area (TPSA) is 85.8 Å². The van der Waals surface area contributed by atoms with Crippen LogP contribution in [0.4, 0.5) is 5.95 Å². The van der Waals surface area contributed by atoms with E-state index in [9.17, 15) is 4.79 Å². The van der Waals surface area contributed by atoms with E-state index < -0.39 is 0 Å². The Bertz CT molecular complexity index is 847. The van der Waals surface area contributed by atoms with Gasteiger partial charge in [-0.15, -0.1) is 0 Å². The lowest BCUT2D eigenvalue weighted by Crippen LogP contribution is -2.50. The smallest absolute Gasteiger partial charge is 0.225 e. The van der Waals surface area contributed by atoms with Gasteiger partial charge in [-0.25, -0.2) is 9.97 Å². The fraction of sp³-hybridized carbons (Fsp3) is 0.478. The molecule has 1 saturated heterocycles. The molecule has 2 heterocycles. The van der Waals surface area contributed by atoms with Crippen LogP contribution >= 0.6 is 0 Å². The number of guanidine groups is 1. The number of piperazine rings is 1. The van der Waals surface area contributed by atoms with Gasteiger partial charge in [-0.2, -0.15) is 0 Å². The molecule has 31 heavy (non-hydrogen) atoms. The minimum atomic E-state index is -0.0309. The van der Waals surface area contributed by atoms with Crippen LogP contribution in [0.25, 0.3) is 0 Å². The van der Waals surface area contributed by atoms with Crippen molar-refractivity contribution in [1.29, 1.82) is 0 Å². The van der Waals surface area contributed by atoms with Crippen LogP contribution < -0.4 is 15.5 Å². The number of anilines is 1. The third-order valence-electron chi connectivity index (χ3n) is 5.58. The highest BCUT2D eigenvalue weighted by Gasteiger charge is 2.23. The maximum atomic E-state index is 12.6. The van der Waals surface area contributed by atoms with Crippen LogP contribution in [0.5, 0.6) is 0 Å². The van der Waals surface area contributed by atoms with Crippen LogP contribution in [0.1, 0.15) is 25.8 Å². The molecule has 1 aromatic heterocycles. The summed E-state index contributed by atoms with van der Waals surface area (Å²) in [4.78, 5) is 29.5. The minimum Gasteiger partial charge on any atom is -0.356 e. The van der Waals surface area contributed by atoms with Gasteiger partial charge in [0, 0.05) is 70.5 Å². The molecule has 1 aliphatic rings. The average Bonchev–Trinajstić information content (AvgIpc) is 2.82.